The lowest BCUT2D eigenvalue weighted by atomic mass is 9.93. The first-order valence-corrected chi connectivity index (χ1v) is 10.9. The van der Waals surface area contributed by atoms with Gasteiger partial charge in [-0.3, -0.25) is 19.3 Å². The molecule has 2 aliphatic heterocycles. The first-order valence-electron chi connectivity index (χ1n) is 10.1. The minimum absolute atomic E-state index is 0.153. The van der Waals surface area contributed by atoms with Crippen molar-refractivity contribution in [1.29, 1.82) is 0 Å². The Labute approximate surface area is 188 Å². The van der Waals surface area contributed by atoms with Crippen LogP contribution < -0.4 is 14.8 Å². The summed E-state index contributed by atoms with van der Waals surface area (Å²) in [6.45, 7) is 5.05. The summed E-state index contributed by atoms with van der Waals surface area (Å²) in [4.78, 5) is 38.8. The van der Waals surface area contributed by atoms with Crippen molar-refractivity contribution in [2.24, 2.45) is 0 Å². The molecule has 0 saturated heterocycles. The van der Waals surface area contributed by atoms with Crippen LogP contribution in [-0.2, 0) is 10.3 Å². The van der Waals surface area contributed by atoms with E-state index in [4.69, 9.17) is 9.47 Å². The predicted molar refractivity (Wildman–Crippen MR) is 117 cm³/mol. The van der Waals surface area contributed by atoms with Gasteiger partial charge in [0.1, 0.15) is 13.2 Å². The fourth-order valence-electron chi connectivity index (χ4n) is 3.78. The van der Waals surface area contributed by atoms with Gasteiger partial charge in [-0.05, 0) is 56.2 Å². The minimum atomic E-state index is -0.616. The van der Waals surface area contributed by atoms with Gasteiger partial charge in [-0.15, -0.1) is 0 Å². The third kappa shape index (κ3) is 4.30. The second-order valence-corrected chi connectivity index (χ2v) is 9.00. The molecule has 0 radical (unpaired) electrons. The molecule has 2 aliphatic rings. The van der Waals surface area contributed by atoms with Gasteiger partial charge in [-0.25, -0.2) is 0 Å². The van der Waals surface area contributed by atoms with E-state index in [1.807, 2.05) is 32.0 Å². The van der Waals surface area contributed by atoms with Gasteiger partial charge in [0.2, 0.25) is 5.91 Å². The zero-order chi connectivity index (χ0) is 22.2. The number of amides is 3. The number of ether oxygens (including phenoxy) is 2. The zero-order valence-electron chi connectivity index (χ0n) is 17.4. The smallest absolute Gasteiger partial charge is 0.261 e. The zero-order valence-corrected chi connectivity index (χ0v) is 19.0. The van der Waals surface area contributed by atoms with Gasteiger partial charge in [0.05, 0.1) is 16.7 Å². The number of halogens is 1. The van der Waals surface area contributed by atoms with Crippen LogP contribution in [0.25, 0.3) is 0 Å². The SMILES string of the molecule is CC(C)(NC(=O)CCCN1C(=O)c2ccc(Br)cc2C1=O)c1ccc2c(c1)OCCO2. The molecule has 0 aliphatic carbocycles. The fraction of sp³-hybridized carbons (Fsp3) is 0.348. The Bertz CT molecular complexity index is 1070. The first-order chi connectivity index (χ1) is 14.8. The summed E-state index contributed by atoms with van der Waals surface area (Å²) in [7, 11) is 0. The molecule has 3 amide bonds. The first kappa shape index (κ1) is 21.4. The maximum atomic E-state index is 12.6. The number of fused-ring (bicyclic) bond motifs is 2. The number of nitrogens with one attached hydrogen (secondary N) is 1. The Hall–Kier alpha value is -2.87. The van der Waals surface area contributed by atoms with E-state index in [2.05, 4.69) is 21.2 Å². The van der Waals surface area contributed by atoms with Crippen molar-refractivity contribution < 1.29 is 23.9 Å². The lowest BCUT2D eigenvalue weighted by Crippen LogP contribution is -2.41. The van der Waals surface area contributed by atoms with Gasteiger partial charge in [-0.2, -0.15) is 0 Å². The number of hydrogen-bond acceptors (Lipinski definition) is 5. The number of carbonyl (C=O) groups is 3. The third-order valence-electron chi connectivity index (χ3n) is 5.43. The number of hydrogen-bond donors (Lipinski definition) is 1. The van der Waals surface area contributed by atoms with Crippen LogP contribution >= 0.6 is 15.9 Å². The summed E-state index contributed by atoms with van der Waals surface area (Å²) in [5.41, 5.74) is 1.08. The van der Waals surface area contributed by atoms with Crippen molar-refractivity contribution in [1.82, 2.24) is 10.2 Å². The van der Waals surface area contributed by atoms with E-state index in [0.717, 1.165) is 10.0 Å². The summed E-state index contributed by atoms with van der Waals surface area (Å²) in [6.07, 6.45) is 0.584. The number of benzene rings is 2. The lowest BCUT2D eigenvalue weighted by Gasteiger charge is -2.29. The van der Waals surface area contributed by atoms with Gasteiger partial charge in [0.15, 0.2) is 11.5 Å². The van der Waals surface area contributed by atoms with Crippen LogP contribution in [0.1, 0.15) is 53.0 Å². The molecule has 0 unspecified atom stereocenters. The van der Waals surface area contributed by atoms with E-state index < -0.39 is 5.54 Å². The van der Waals surface area contributed by atoms with E-state index in [9.17, 15) is 14.4 Å². The van der Waals surface area contributed by atoms with E-state index in [-0.39, 0.29) is 30.7 Å². The molecule has 2 heterocycles. The molecule has 2 aromatic rings. The van der Waals surface area contributed by atoms with Crippen LogP contribution in [0.3, 0.4) is 0 Å². The minimum Gasteiger partial charge on any atom is -0.486 e. The Morgan fingerprint density at radius 2 is 1.74 bits per heavy atom. The van der Waals surface area contributed by atoms with Crippen molar-refractivity contribution in [2.45, 2.75) is 32.2 Å². The van der Waals surface area contributed by atoms with Crippen molar-refractivity contribution in [3.05, 3.63) is 57.6 Å². The molecule has 2 aromatic carbocycles. The standard InChI is InChI=1S/C23H23BrN2O5/c1-23(2,14-5-8-18-19(12-14)31-11-10-30-18)25-20(27)4-3-9-26-21(28)16-7-6-15(24)13-17(16)22(26)29/h5-8,12-13H,3-4,9-11H2,1-2H3,(H,25,27). The fourth-order valence-corrected chi connectivity index (χ4v) is 4.14. The Morgan fingerprint density at radius 1 is 1.03 bits per heavy atom. The normalized spacial score (nSPS) is 15.1. The highest BCUT2D eigenvalue weighted by atomic mass is 79.9. The highest BCUT2D eigenvalue weighted by Crippen LogP contribution is 2.34. The molecule has 0 atom stereocenters. The monoisotopic (exact) mass is 486 g/mol. The average Bonchev–Trinajstić information content (AvgIpc) is 2.97. The van der Waals surface area contributed by atoms with Crippen molar-refractivity contribution in [3.63, 3.8) is 0 Å². The third-order valence-corrected chi connectivity index (χ3v) is 5.93. The van der Waals surface area contributed by atoms with Crippen LogP contribution in [0.4, 0.5) is 0 Å². The van der Waals surface area contributed by atoms with Crippen LogP contribution in [0.15, 0.2) is 40.9 Å². The maximum absolute atomic E-state index is 12.6. The number of carbonyl (C=O) groups excluding carboxylic acids is 3. The highest BCUT2D eigenvalue weighted by Gasteiger charge is 2.35. The molecule has 4 rings (SSSR count). The Balaban J connectivity index is 1.33. The van der Waals surface area contributed by atoms with Gasteiger partial charge in [0.25, 0.3) is 11.8 Å². The average molecular weight is 487 g/mol. The summed E-state index contributed by atoms with van der Waals surface area (Å²) in [5.74, 6) is 0.579. The van der Waals surface area contributed by atoms with Crippen molar-refractivity contribution in [3.8, 4) is 11.5 Å². The Kier molecular flexibility index (Phi) is 5.75. The lowest BCUT2D eigenvalue weighted by molar-refractivity contribution is -0.122. The molecular formula is C23H23BrN2O5. The molecule has 0 spiro atoms. The van der Waals surface area contributed by atoms with Crippen LogP contribution in [0.5, 0.6) is 11.5 Å². The molecule has 1 N–H and O–H groups in total. The number of imide groups is 1. The molecule has 0 saturated carbocycles. The van der Waals surface area contributed by atoms with Crippen LogP contribution in [0, 0.1) is 0 Å². The second kappa shape index (κ2) is 8.34. The quantitative estimate of drug-likeness (QED) is 0.629. The summed E-state index contributed by atoms with van der Waals surface area (Å²) >= 11 is 3.32. The summed E-state index contributed by atoms with van der Waals surface area (Å²) in [5, 5.41) is 3.02. The van der Waals surface area contributed by atoms with E-state index in [1.54, 1.807) is 18.2 Å². The molecule has 0 aromatic heterocycles. The van der Waals surface area contributed by atoms with Crippen molar-refractivity contribution in [2.75, 3.05) is 19.8 Å². The molecule has 0 fully saturated rings. The van der Waals surface area contributed by atoms with Gasteiger partial charge in [0, 0.05) is 17.4 Å². The van der Waals surface area contributed by atoms with Crippen molar-refractivity contribution >= 4 is 33.7 Å². The van der Waals surface area contributed by atoms with Gasteiger partial charge >= 0.3 is 0 Å². The van der Waals surface area contributed by atoms with E-state index in [1.165, 1.54) is 4.90 Å². The highest BCUT2D eigenvalue weighted by molar-refractivity contribution is 9.10. The largest absolute Gasteiger partial charge is 0.486 e. The summed E-state index contributed by atoms with van der Waals surface area (Å²) in [6, 6.07) is 10.7. The molecule has 0 bridgehead atoms. The molecule has 162 valence electrons. The molecule has 7 nitrogen and oxygen atoms in total. The van der Waals surface area contributed by atoms with Crippen LogP contribution in [0.2, 0.25) is 0 Å². The summed E-state index contributed by atoms with van der Waals surface area (Å²) < 4.78 is 11.9. The number of rotatable bonds is 6. The second-order valence-electron chi connectivity index (χ2n) is 8.09. The van der Waals surface area contributed by atoms with Gasteiger partial charge < -0.3 is 14.8 Å². The topological polar surface area (TPSA) is 84.9 Å². The predicted octanol–water partition coefficient (Wildman–Crippen LogP) is 3.65. The van der Waals surface area contributed by atoms with E-state index >= 15 is 0 Å². The molecular weight excluding hydrogens is 464 g/mol. The van der Waals surface area contributed by atoms with Gasteiger partial charge in [-0.1, -0.05) is 22.0 Å². The maximum Gasteiger partial charge on any atom is 0.261 e. The van der Waals surface area contributed by atoms with Crippen LogP contribution in [-0.4, -0.2) is 42.4 Å². The number of nitrogens with zero attached hydrogens (tertiary/aromatic N) is 1. The van der Waals surface area contributed by atoms with E-state index in [0.29, 0.717) is 42.3 Å². The molecule has 8 heteroatoms. The Morgan fingerprint density at radius 3 is 2.52 bits per heavy atom. The molecule has 31 heavy (non-hydrogen) atoms.